The minimum Gasteiger partial charge on any atom is -0.394 e. The molecular weight excluding hydrogens is 268 g/mol. The van der Waals surface area contributed by atoms with Gasteiger partial charge in [-0.25, -0.2) is 4.79 Å². The van der Waals surface area contributed by atoms with Crippen LogP contribution in [0.25, 0.3) is 0 Å². The number of methoxy groups -OCH3 is 1. The number of rotatable bonds is 4. The molecule has 0 saturated carbocycles. The van der Waals surface area contributed by atoms with Crippen molar-refractivity contribution in [1.82, 2.24) is 9.55 Å². The molecule has 1 aromatic rings. The van der Waals surface area contributed by atoms with Crippen molar-refractivity contribution < 1.29 is 19.7 Å². The lowest BCUT2D eigenvalue weighted by Gasteiger charge is -2.30. The van der Waals surface area contributed by atoms with Crippen molar-refractivity contribution in [3.05, 3.63) is 32.6 Å². The molecule has 0 spiro atoms. The van der Waals surface area contributed by atoms with Crippen molar-refractivity contribution in [1.29, 1.82) is 0 Å². The van der Waals surface area contributed by atoms with Crippen LogP contribution in [0.5, 0.6) is 0 Å². The number of hydrogen-bond acceptors (Lipinski definition) is 6. The van der Waals surface area contributed by atoms with E-state index in [4.69, 9.17) is 9.47 Å². The van der Waals surface area contributed by atoms with E-state index in [1.807, 2.05) is 0 Å². The third-order valence-corrected chi connectivity index (χ3v) is 3.44. The molecule has 1 saturated heterocycles. The number of aryl methyl sites for hydroxylation is 1. The van der Waals surface area contributed by atoms with Gasteiger partial charge in [0.25, 0.3) is 5.56 Å². The van der Waals surface area contributed by atoms with Gasteiger partial charge in [-0.1, -0.05) is 0 Å². The van der Waals surface area contributed by atoms with E-state index in [9.17, 15) is 19.8 Å². The van der Waals surface area contributed by atoms with Gasteiger partial charge in [0.05, 0.1) is 19.3 Å². The topological polar surface area (TPSA) is 114 Å². The van der Waals surface area contributed by atoms with Gasteiger partial charge >= 0.3 is 5.69 Å². The van der Waals surface area contributed by atoms with E-state index in [2.05, 4.69) is 4.98 Å². The van der Waals surface area contributed by atoms with E-state index in [0.717, 1.165) is 0 Å². The Morgan fingerprint density at radius 1 is 1.60 bits per heavy atom. The highest BCUT2D eigenvalue weighted by Crippen LogP contribution is 2.34. The number of hydrogen-bond donors (Lipinski definition) is 3. The van der Waals surface area contributed by atoms with Crippen LogP contribution in [0.15, 0.2) is 15.8 Å². The molecule has 0 amide bonds. The van der Waals surface area contributed by atoms with Crippen LogP contribution in [0.1, 0.15) is 12.0 Å². The summed E-state index contributed by atoms with van der Waals surface area (Å²) in [6.07, 6.45) is -0.275. The quantitative estimate of drug-likeness (QED) is 0.607. The van der Waals surface area contributed by atoms with Crippen molar-refractivity contribution in [2.75, 3.05) is 20.3 Å². The number of H-pyrrole nitrogens is 1. The van der Waals surface area contributed by atoms with Crippen LogP contribution in [0.2, 0.25) is 0 Å². The van der Waals surface area contributed by atoms with Crippen LogP contribution in [-0.4, -0.2) is 52.3 Å². The molecule has 3 atom stereocenters. The third kappa shape index (κ3) is 2.42. The second-order valence-electron chi connectivity index (χ2n) is 4.93. The minimum atomic E-state index is -1.24. The Labute approximate surface area is 114 Å². The highest BCUT2D eigenvalue weighted by atomic mass is 16.6. The molecule has 8 nitrogen and oxygen atoms in total. The van der Waals surface area contributed by atoms with E-state index in [1.165, 1.54) is 17.9 Å². The van der Waals surface area contributed by atoms with Crippen LogP contribution in [-0.2, 0) is 15.2 Å². The Bertz CT molecular complexity index is 594. The Hall–Kier alpha value is -1.48. The number of aliphatic hydroxyl groups is 2. The van der Waals surface area contributed by atoms with Crippen molar-refractivity contribution in [3.63, 3.8) is 0 Å². The second-order valence-corrected chi connectivity index (χ2v) is 4.93. The summed E-state index contributed by atoms with van der Waals surface area (Å²) in [4.78, 5) is 25.6. The molecule has 20 heavy (non-hydrogen) atoms. The van der Waals surface area contributed by atoms with E-state index < -0.39 is 29.2 Å². The number of aliphatic hydroxyl groups excluding tert-OH is 2. The molecule has 1 aliphatic heterocycles. The zero-order valence-electron chi connectivity index (χ0n) is 11.3. The van der Waals surface area contributed by atoms with E-state index in [-0.39, 0.29) is 19.6 Å². The molecule has 0 radical (unpaired) electrons. The maximum Gasteiger partial charge on any atom is 0.330 e. The van der Waals surface area contributed by atoms with Crippen molar-refractivity contribution in [3.8, 4) is 0 Å². The summed E-state index contributed by atoms with van der Waals surface area (Å²) < 4.78 is 11.9. The first-order chi connectivity index (χ1) is 9.43. The molecular formula is C12H18N2O6. The zero-order chi connectivity index (χ0) is 14.9. The maximum atomic E-state index is 12.0. The number of nitrogens with zero attached hydrogens (tertiary/aromatic N) is 1. The van der Waals surface area contributed by atoms with Gasteiger partial charge in [-0.3, -0.25) is 14.3 Å². The first-order valence-electron chi connectivity index (χ1n) is 6.22. The maximum absolute atomic E-state index is 12.0. The van der Waals surface area contributed by atoms with Crippen molar-refractivity contribution >= 4 is 0 Å². The summed E-state index contributed by atoms with van der Waals surface area (Å²) >= 11 is 0. The third-order valence-electron chi connectivity index (χ3n) is 3.44. The molecule has 112 valence electrons. The van der Waals surface area contributed by atoms with Gasteiger partial charge in [-0.05, 0) is 6.92 Å². The molecule has 1 aliphatic rings. The van der Waals surface area contributed by atoms with Gasteiger partial charge in [-0.15, -0.1) is 0 Å². The van der Waals surface area contributed by atoms with E-state index in [1.54, 1.807) is 6.92 Å². The van der Waals surface area contributed by atoms with Crippen molar-refractivity contribution in [2.24, 2.45) is 0 Å². The van der Waals surface area contributed by atoms with Gasteiger partial charge in [0, 0.05) is 25.3 Å². The van der Waals surface area contributed by atoms with Gasteiger partial charge in [0.1, 0.15) is 6.10 Å². The Morgan fingerprint density at radius 3 is 2.85 bits per heavy atom. The number of aromatic amines is 1. The fourth-order valence-electron chi connectivity index (χ4n) is 2.44. The Kier molecular flexibility index (Phi) is 4.09. The summed E-state index contributed by atoms with van der Waals surface area (Å²) in [5, 5.41) is 19.1. The summed E-state index contributed by atoms with van der Waals surface area (Å²) in [5.41, 5.74) is -2.03. The largest absolute Gasteiger partial charge is 0.394 e. The first-order valence-corrected chi connectivity index (χ1v) is 6.22. The molecule has 2 rings (SSSR count). The molecule has 3 N–H and O–H groups in total. The zero-order valence-corrected chi connectivity index (χ0v) is 11.3. The van der Waals surface area contributed by atoms with E-state index in [0.29, 0.717) is 5.56 Å². The molecule has 2 heterocycles. The SMILES string of the molecule is COC[C@]1(n2cc(C)c(=O)[nH]c2=O)C[C@H](O)[C@@H](CO)O1. The molecule has 8 heteroatoms. The van der Waals surface area contributed by atoms with Crippen LogP contribution in [0, 0.1) is 6.92 Å². The van der Waals surface area contributed by atoms with Gasteiger partial charge < -0.3 is 19.7 Å². The summed E-state index contributed by atoms with van der Waals surface area (Å²) in [6, 6.07) is 0. The molecule has 1 aromatic heterocycles. The normalized spacial score (nSPS) is 29.8. The lowest BCUT2D eigenvalue weighted by molar-refractivity contribution is -0.149. The smallest absolute Gasteiger partial charge is 0.330 e. The molecule has 0 unspecified atom stereocenters. The molecule has 1 fully saturated rings. The number of ether oxygens (including phenoxy) is 2. The van der Waals surface area contributed by atoms with Gasteiger partial charge in [0.15, 0.2) is 5.72 Å². The summed E-state index contributed by atoms with van der Waals surface area (Å²) in [6.45, 7) is 1.19. The standard InChI is InChI=1S/C12H18N2O6/c1-7-4-14(11(18)13-10(7)17)12(6-19-2)3-8(16)9(5-15)20-12/h4,8-9,15-16H,3,5-6H2,1-2H3,(H,13,17,18)/t8-,9+,12-/m0/s1. The molecule has 0 aliphatic carbocycles. The van der Waals surface area contributed by atoms with Crippen LogP contribution in [0.3, 0.4) is 0 Å². The predicted octanol–water partition coefficient (Wildman–Crippen LogP) is -1.71. The second kappa shape index (κ2) is 5.49. The Balaban J connectivity index is 2.52. The average molecular weight is 286 g/mol. The molecule has 0 bridgehead atoms. The van der Waals surface area contributed by atoms with E-state index >= 15 is 0 Å². The highest BCUT2D eigenvalue weighted by Gasteiger charge is 2.48. The minimum absolute atomic E-state index is 0.00590. The number of aromatic nitrogens is 2. The lowest BCUT2D eigenvalue weighted by Crippen LogP contribution is -2.47. The lowest BCUT2D eigenvalue weighted by atomic mass is 10.1. The monoisotopic (exact) mass is 286 g/mol. The summed E-state index contributed by atoms with van der Waals surface area (Å²) in [7, 11) is 1.44. The van der Waals surface area contributed by atoms with Crippen molar-refractivity contribution in [2.45, 2.75) is 31.3 Å². The van der Waals surface area contributed by atoms with Gasteiger partial charge in [0.2, 0.25) is 0 Å². The van der Waals surface area contributed by atoms with Crippen LogP contribution in [0.4, 0.5) is 0 Å². The Morgan fingerprint density at radius 2 is 2.30 bits per heavy atom. The number of nitrogens with one attached hydrogen (secondary N) is 1. The average Bonchev–Trinajstić information content (AvgIpc) is 2.71. The van der Waals surface area contributed by atoms with Crippen LogP contribution < -0.4 is 11.2 Å². The van der Waals surface area contributed by atoms with Gasteiger partial charge in [-0.2, -0.15) is 0 Å². The van der Waals surface area contributed by atoms with Crippen LogP contribution >= 0.6 is 0 Å². The highest BCUT2D eigenvalue weighted by molar-refractivity contribution is 5.04. The first kappa shape index (κ1) is 14.9. The molecule has 0 aromatic carbocycles. The fourth-order valence-corrected chi connectivity index (χ4v) is 2.44. The fraction of sp³-hybridized carbons (Fsp3) is 0.667. The summed E-state index contributed by atoms with van der Waals surface area (Å²) in [5.74, 6) is 0. The predicted molar refractivity (Wildman–Crippen MR) is 68.5 cm³/mol.